The van der Waals surface area contributed by atoms with Crippen molar-refractivity contribution in [2.45, 2.75) is 78.0 Å². The highest BCUT2D eigenvalue weighted by molar-refractivity contribution is 6.83. The zero-order valence-corrected chi connectivity index (χ0v) is 19.7. The fourth-order valence-corrected chi connectivity index (χ4v) is 4.59. The molecule has 0 amide bonds. The van der Waals surface area contributed by atoms with Crippen LogP contribution in [0.15, 0.2) is 11.6 Å². The Labute approximate surface area is 156 Å². The fraction of sp³-hybridized carbons (Fsp3) is 0.750. The summed E-state index contributed by atoms with van der Waals surface area (Å²) in [6, 6.07) is 0. The first-order chi connectivity index (χ1) is 11.2. The third kappa shape index (κ3) is 5.84. The number of esters is 1. The van der Waals surface area contributed by atoms with E-state index in [2.05, 4.69) is 71.0 Å². The molecule has 0 radical (unpaired) electrons. The second-order valence-corrected chi connectivity index (χ2v) is 19.2. The maximum Gasteiger partial charge on any atom is 0.309 e. The van der Waals surface area contributed by atoms with Crippen LogP contribution in [0, 0.1) is 23.3 Å². The van der Waals surface area contributed by atoms with Crippen molar-refractivity contribution in [1.29, 1.82) is 0 Å². The Hall–Kier alpha value is -0.836. The first-order valence-corrected chi connectivity index (χ1v) is 15.6. The smallest absolute Gasteiger partial charge is 0.309 e. The van der Waals surface area contributed by atoms with Gasteiger partial charge in [0, 0.05) is 11.5 Å². The van der Waals surface area contributed by atoms with Crippen LogP contribution in [-0.4, -0.2) is 35.6 Å². The molecule has 0 N–H and O–H groups in total. The maximum atomic E-state index is 12.2. The molecule has 0 spiro atoms. The van der Waals surface area contributed by atoms with Crippen molar-refractivity contribution in [3.05, 3.63) is 11.6 Å². The van der Waals surface area contributed by atoms with Gasteiger partial charge >= 0.3 is 5.97 Å². The second kappa shape index (κ2) is 7.81. The SMILES string of the molecule is COC(=O)C(C)[C@H]1C(C#C[Si](C)(C)C)=CC[C@H]1O[Si](C)(C)C(C)(C)C. The Morgan fingerprint density at radius 1 is 1.24 bits per heavy atom. The van der Waals surface area contributed by atoms with E-state index in [1.165, 1.54) is 7.11 Å². The molecule has 0 aliphatic heterocycles. The third-order valence-corrected chi connectivity index (χ3v) is 10.7. The van der Waals surface area contributed by atoms with Crippen LogP contribution in [0.3, 0.4) is 0 Å². The van der Waals surface area contributed by atoms with Crippen LogP contribution in [0.25, 0.3) is 0 Å². The van der Waals surface area contributed by atoms with E-state index in [1.807, 2.05) is 6.92 Å². The van der Waals surface area contributed by atoms with Crippen LogP contribution in [0.5, 0.6) is 0 Å². The van der Waals surface area contributed by atoms with Crippen molar-refractivity contribution in [1.82, 2.24) is 0 Å². The molecule has 142 valence electrons. The normalized spacial score (nSPS) is 22.7. The van der Waals surface area contributed by atoms with Crippen LogP contribution >= 0.6 is 0 Å². The molecular formula is C20H36O3Si2. The molecule has 5 heteroatoms. The number of ether oxygens (including phenoxy) is 1. The van der Waals surface area contributed by atoms with E-state index in [4.69, 9.17) is 9.16 Å². The van der Waals surface area contributed by atoms with Gasteiger partial charge in [-0.05, 0) is 24.6 Å². The lowest BCUT2D eigenvalue weighted by Gasteiger charge is -2.40. The van der Waals surface area contributed by atoms with Gasteiger partial charge in [0.05, 0.1) is 19.1 Å². The monoisotopic (exact) mass is 380 g/mol. The number of hydrogen-bond acceptors (Lipinski definition) is 3. The van der Waals surface area contributed by atoms with Gasteiger partial charge in [-0.15, -0.1) is 5.54 Å². The molecule has 25 heavy (non-hydrogen) atoms. The summed E-state index contributed by atoms with van der Waals surface area (Å²) in [7, 11) is -1.94. The van der Waals surface area contributed by atoms with Crippen LogP contribution < -0.4 is 0 Å². The van der Waals surface area contributed by atoms with Gasteiger partial charge in [0.1, 0.15) is 8.07 Å². The van der Waals surface area contributed by atoms with Crippen LogP contribution in [-0.2, 0) is 14.0 Å². The molecule has 0 aromatic rings. The molecule has 3 nitrogen and oxygen atoms in total. The van der Waals surface area contributed by atoms with Gasteiger partial charge < -0.3 is 9.16 Å². The summed E-state index contributed by atoms with van der Waals surface area (Å²) in [5.41, 5.74) is 4.50. The summed E-state index contributed by atoms with van der Waals surface area (Å²) in [6.45, 7) is 19.9. The molecule has 1 aliphatic rings. The molecule has 0 aromatic carbocycles. The average molecular weight is 381 g/mol. The molecule has 3 atom stereocenters. The second-order valence-electron chi connectivity index (χ2n) is 9.65. The van der Waals surface area contributed by atoms with Crippen molar-refractivity contribution >= 4 is 22.4 Å². The third-order valence-electron chi connectivity index (χ3n) is 5.28. The molecule has 0 saturated heterocycles. The zero-order chi connectivity index (χ0) is 19.6. The first kappa shape index (κ1) is 22.2. The lowest BCUT2D eigenvalue weighted by Crippen LogP contribution is -2.46. The molecule has 1 rings (SSSR count). The molecule has 1 unspecified atom stereocenters. The Bertz CT molecular complexity index is 583. The van der Waals surface area contributed by atoms with Crippen LogP contribution in [0.4, 0.5) is 0 Å². The number of carbonyl (C=O) groups is 1. The van der Waals surface area contributed by atoms with Gasteiger partial charge in [-0.2, -0.15) is 0 Å². The number of hydrogen-bond donors (Lipinski definition) is 0. The predicted octanol–water partition coefficient (Wildman–Crippen LogP) is 5.01. The van der Waals surface area contributed by atoms with Gasteiger partial charge in [-0.1, -0.05) is 59.3 Å². The van der Waals surface area contributed by atoms with Crippen LogP contribution in [0.1, 0.15) is 34.1 Å². The quantitative estimate of drug-likeness (QED) is 0.390. The minimum Gasteiger partial charge on any atom is -0.469 e. The minimum atomic E-state index is -1.92. The highest BCUT2D eigenvalue weighted by Crippen LogP contribution is 2.42. The highest BCUT2D eigenvalue weighted by Gasteiger charge is 2.45. The van der Waals surface area contributed by atoms with Gasteiger partial charge in [0.25, 0.3) is 0 Å². The van der Waals surface area contributed by atoms with Crippen molar-refractivity contribution in [3.63, 3.8) is 0 Å². The Morgan fingerprint density at radius 2 is 1.80 bits per heavy atom. The summed E-state index contributed by atoms with van der Waals surface area (Å²) >= 11 is 0. The van der Waals surface area contributed by atoms with E-state index in [9.17, 15) is 4.79 Å². The number of methoxy groups -OCH3 is 1. The van der Waals surface area contributed by atoms with E-state index < -0.39 is 16.4 Å². The van der Waals surface area contributed by atoms with Crippen molar-refractivity contribution in [2.75, 3.05) is 7.11 Å². The summed E-state index contributed by atoms with van der Waals surface area (Å²) in [5.74, 6) is 2.95. The van der Waals surface area contributed by atoms with Crippen molar-refractivity contribution in [2.24, 2.45) is 11.8 Å². The van der Waals surface area contributed by atoms with Gasteiger partial charge in [0.15, 0.2) is 8.32 Å². The number of rotatable bonds is 4. The lowest BCUT2D eigenvalue weighted by atomic mass is 9.86. The fourth-order valence-electron chi connectivity index (χ4n) is 2.72. The molecule has 0 aromatic heterocycles. The van der Waals surface area contributed by atoms with Crippen LogP contribution in [0.2, 0.25) is 37.8 Å². The Morgan fingerprint density at radius 3 is 2.24 bits per heavy atom. The molecule has 0 fully saturated rings. The van der Waals surface area contributed by atoms with E-state index >= 15 is 0 Å². The topological polar surface area (TPSA) is 35.5 Å². The average Bonchev–Trinajstić information content (AvgIpc) is 2.83. The van der Waals surface area contributed by atoms with Crippen molar-refractivity contribution in [3.8, 4) is 11.5 Å². The first-order valence-electron chi connectivity index (χ1n) is 9.18. The predicted molar refractivity (Wildman–Crippen MR) is 111 cm³/mol. The lowest BCUT2D eigenvalue weighted by molar-refractivity contribution is -0.147. The largest absolute Gasteiger partial charge is 0.469 e. The number of carbonyl (C=O) groups excluding carboxylic acids is 1. The zero-order valence-electron chi connectivity index (χ0n) is 17.7. The standard InChI is InChI=1S/C20H36O3Si2/c1-15(19(21)22-5)18-16(13-14-24(6,7)8)11-12-17(18)23-25(9,10)20(2,3)4/h11,15,17-18H,12H2,1-10H3/t15?,17-,18+/m1/s1. The van der Waals surface area contributed by atoms with Gasteiger partial charge in [-0.25, -0.2) is 0 Å². The van der Waals surface area contributed by atoms with Crippen molar-refractivity contribution < 1.29 is 14.0 Å². The molecule has 0 heterocycles. The maximum absolute atomic E-state index is 12.2. The van der Waals surface area contributed by atoms with Gasteiger partial charge in [-0.3, -0.25) is 4.79 Å². The molecule has 0 saturated carbocycles. The molecular weight excluding hydrogens is 344 g/mol. The summed E-state index contributed by atoms with van der Waals surface area (Å²) in [5, 5.41) is 0.138. The Balaban J connectivity index is 3.15. The summed E-state index contributed by atoms with van der Waals surface area (Å²) in [6.07, 6.45) is 3.02. The summed E-state index contributed by atoms with van der Waals surface area (Å²) < 4.78 is 11.7. The van der Waals surface area contributed by atoms with E-state index in [-0.39, 0.29) is 28.9 Å². The molecule has 1 aliphatic carbocycles. The van der Waals surface area contributed by atoms with E-state index in [0.717, 1.165) is 12.0 Å². The van der Waals surface area contributed by atoms with E-state index in [0.29, 0.717) is 0 Å². The van der Waals surface area contributed by atoms with Gasteiger partial charge in [0.2, 0.25) is 0 Å². The highest BCUT2D eigenvalue weighted by atomic mass is 28.4. The van der Waals surface area contributed by atoms with E-state index in [1.54, 1.807) is 0 Å². The Kier molecular flexibility index (Phi) is 6.94. The molecule has 0 bridgehead atoms. The summed E-state index contributed by atoms with van der Waals surface area (Å²) in [4.78, 5) is 12.2. The minimum absolute atomic E-state index is 0.00887.